The minimum absolute atomic E-state index is 0.0908. The Labute approximate surface area is 128 Å². The molecule has 0 aliphatic heterocycles. The maximum absolute atomic E-state index is 13.4. The number of ether oxygens (including phenoxy) is 2. The first kappa shape index (κ1) is 17.9. The summed E-state index contributed by atoms with van der Waals surface area (Å²) in [7, 11) is 0. The number of hydrogen-bond acceptors (Lipinski definition) is 4. The molecule has 0 spiro atoms. The van der Waals surface area contributed by atoms with Crippen LogP contribution in [0.4, 0.5) is 9.18 Å². The summed E-state index contributed by atoms with van der Waals surface area (Å²) in [6.07, 6.45) is -0.852. The second kappa shape index (κ2) is 7.74. The van der Waals surface area contributed by atoms with E-state index >= 15 is 0 Å². The van der Waals surface area contributed by atoms with Crippen LogP contribution >= 0.6 is 0 Å². The van der Waals surface area contributed by atoms with Crippen LogP contribution in [0.25, 0.3) is 0 Å². The highest BCUT2D eigenvalue weighted by molar-refractivity contribution is 5.80. The lowest BCUT2D eigenvalue weighted by Gasteiger charge is -2.22. The standard InChI is InChI=1S/C15H20FNO5/c1-15(2,3)22-14(20)17-12(13(18)19)9-21-8-10-6-4-5-7-11(10)16/h4-7,12H,8-9H2,1-3H3,(H,17,20)(H,18,19)/t12-/m1/s1. The van der Waals surface area contributed by atoms with E-state index in [9.17, 15) is 14.0 Å². The molecule has 0 saturated heterocycles. The van der Waals surface area contributed by atoms with Crippen molar-refractivity contribution in [2.75, 3.05) is 6.61 Å². The Morgan fingerprint density at radius 3 is 2.50 bits per heavy atom. The fraction of sp³-hybridized carbons (Fsp3) is 0.467. The van der Waals surface area contributed by atoms with Crippen molar-refractivity contribution < 1.29 is 28.6 Å². The maximum Gasteiger partial charge on any atom is 0.408 e. The number of nitrogens with one attached hydrogen (secondary N) is 1. The number of aliphatic carboxylic acids is 1. The molecule has 0 fully saturated rings. The van der Waals surface area contributed by atoms with E-state index in [1.807, 2.05) is 0 Å². The van der Waals surface area contributed by atoms with Gasteiger partial charge < -0.3 is 19.9 Å². The summed E-state index contributed by atoms with van der Waals surface area (Å²) in [5, 5.41) is 11.2. The number of halogens is 1. The third kappa shape index (κ3) is 6.53. The average Bonchev–Trinajstić information content (AvgIpc) is 2.37. The number of rotatable bonds is 6. The van der Waals surface area contributed by atoms with Gasteiger partial charge in [-0.05, 0) is 26.8 Å². The van der Waals surface area contributed by atoms with Crippen LogP contribution in [0.5, 0.6) is 0 Å². The van der Waals surface area contributed by atoms with Gasteiger partial charge in [0.1, 0.15) is 11.4 Å². The minimum Gasteiger partial charge on any atom is -0.480 e. The van der Waals surface area contributed by atoms with Gasteiger partial charge in [0.15, 0.2) is 6.04 Å². The summed E-state index contributed by atoms with van der Waals surface area (Å²) >= 11 is 0. The molecule has 0 aliphatic rings. The van der Waals surface area contributed by atoms with E-state index in [4.69, 9.17) is 14.6 Å². The van der Waals surface area contributed by atoms with E-state index in [0.717, 1.165) is 0 Å². The number of carbonyl (C=O) groups excluding carboxylic acids is 1. The van der Waals surface area contributed by atoms with Gasteiger partial charge in [-0.2, -0.15) is 0 Å². The Bertz CT molecular complexity index is 527. The minimum atomic E-state index is -1.28. The zero-order valence-corrected chi connectivity index (χ0v) is 12.8. The van der Waals surface area contributed by atoms with Crippen molar-refractivity contribution >= 4 is 12.1 Å². The molecular weight excluding hydrogens is 293 g/mol. The lowest BCUT2D eigenvalue weighted by Crippen LogP contribution is -2.46. The number of carboxylic acids is 1. The summed E-state index contributed by atoms with van der Waals surface area (Å²) in [5.74, 6) is -1.70. The molecule has 6 nitrogen and oxygen atoms in total. The second-order valence-corrected chi connectivity index (χ2v) is 5.64. The first-order valence-electron chi connectivity index (χ1n) is 6.72. The van der Waals surface area contributed by atoms with Crippen LogP contribution in [-0.2, 0) is 20.9 Å². The highest BCUT2D eigenvalue weighted by Gasteiger charge is 2.24. The largest absolute Gasteiger partial charge is 0.480 e. The van der Waals surface area contributed by atoms with E-state index in [2.05, 4.69) is 5.32 Å². The molecule has 0 aliphatic carbocycles. The lowest BCUT2D eigenvalue weighted by molar-refractivity contribution is -0.141. The zero-order valence-electron chi connectivity index (χ0n) is 12.8. The molecule has 0 heterocycles. The first-order chi connectivity index (χ1) is 10.2. The summed E-state index contributed by atoms with van der Waals surface area (Å²) < 4.78 is 23.5. The van der Waals surface area contributed by atoms with Crippen LogP contribution in [0.15, 0.2) is 24.3 Å². The molecule has 1 rings (SSSR count). The predicted molar refractivity (Wildman–Crippen MR) is 76.8 cm³/mol. The van der Waals surface area contributed by atoms with Gasteiger partial charge in [0.2, 0.25) is 0 Å². The van der Waals surface area contributed by atoms with Gasteiger partial charge in [0, 0.05) is 5.56 Å². The number of alkyl carbamates (subject to hydrolysis) is 1. The molecule has 1 aromatic rings. The van der Waals surface area contributed by atoms with Crippen molar-refractivity contribution in [1.82, 2.24) is 5.32 Å². The SMILES string of the molecule is CC(C)(C)OC(=O)N[C@H](COCc1ccccc1F)C(=O)O. The van der Waals surface area contributed by atoms with Gasteiger partial charge in [0.25, 0.3) is 0 Å². The monoisotopic (exact) mass is 313 g/mol. The molecule has 1 amide bonds. The Hall–Kier alpha value is -2.15. The third-order valence-electron chi connectivity index (χ3n) is 2.49. The summed E-state index contributed by atoms with van der Waals surface area (Å²) in [6, 6.07) is 4.73. The van der Waals surface area contributed by atoms with Crippen LogP contribution in [0, 0.1) is 5.82 Å². The Balaban J connectivity index is 2.50. The van der Waals surface area contributed by atoms with E-state index in [1.54, 1.807) is 32.9 Å². The molecule has 22 heavy (non-hydrogen) atoms. The van der Waals surface area contributed by atoms with E-state index in [-0.39, 0.29) is 13.2 Å². The summed E-state index contributed by atoms with van der Waals surface area (Å²) in [5.41, 5.74) is -0.426. The quantitative estimate of drug-likeness (QED) is 0.842. The number of hydrogen-bond donors (Lipinski definition) is 2. The normalized spacial score (nSPS) is 12.5. The molecule has 122 valence electrons. The van der Waals surface area contributed by atoms with Gasteiger partial charge in [-0.25, -0.2) is 14.0 Å². The average molecular weight is 313 g/mol. The van der Waals surface area contributed by atoms with Gasteiger partial charge in [-0.15, -0.1) is 0 Å². The highest BCUT2D eigenvalue weighted by Crippen LogP contribution is 2.09. The van der Waals surface area contributed by atoms with Crippen molar-refractivity contribution in [3.8, 4) is 0 Å². The Kier molecular flexibility index (Phi) is 6.30. The number of carbonyl (C=O) groups is 2. The van der Waals surface area contributed by atoms with Crippen LogP contribution in [-0.4, -0.2) is 35.4 Å². The summed E-state index contributed by atoms with van der Waals surface area (Å²) in [4.78, 5) is 22.6. The molecule has 0 bridgehead atoms. The van der Waals surface area contributed by atoms with Crippen molar-refractivity contribution in [2.45, 2.75) is 39.0 Å². The third-order valence-corrected chi connectivity index (χ3v) is 2.49. The van der Waals surface area contributed by atoms with E-state index in [1.165, 1.54) is 12.1 Å². The van der Waals surface area contributed by atoms with Crippen LogP contribution in [0.3, 0.4) is 0 Å². The fourth-order valence-corrected chi connectivity index (χ4v) is 1.53. The molecule has 0 radical (unpaired) electrons. The highest BCUT2D eigenvalue weighted by atomic mass is 19.1. The van der Waals surface area contributed by atoms with Gasteiger partial charge in [-0.1, -0.05) is 18.2 Å². The molecular formula is C15H20FNO5. The smallest absolute Gasteiger partial charge is 0.408 e. The van der Waals surface area contributed by atoms with E-state index < -0.39 is 29.5 Å². The molecule has 7 heteroatoms. The molecule has 0 unspecified atom stereocenters. The predicted octanol–water partition coefficient (Wildman–Crippen LogP) is 2.32. The zero-order chi connectivity index (χ0) is 16.8. The van der Waals surface area contributed by atoms with Crippen molar-refractivity contribution in [3.63, 3.8) is 0 Å². The van der Waals surface area contributed by atoms with Crippen LogP contribution in [0.2, 0.25) is 0 Å². The number of benzene rings is 1. The number of carboxylic acid groups (broad SMARTS) is 1. The second-order valence-electron chi connectivity index (χ2n) is 5.64. The topological polar surface area (TPSA) is 84.9 Å². The fourth-order valence-electron chi connectivity index (χ4n) is 1.53. The molecule has 0 aromatic heterocycles. The lowest BCUT2D eigenvalue weighted by atomic mass is 10.2. The van der Waals surface area contributed by atoms with Gasteiger partial charge >= 0.3 is 12.1 Å². The molecule has 1 aromatic carbocycles. The molecule has 2 N–H and O–H groups in total. The van der Waals surface area contributed by atoms with E-state index in [0.29, 0.717) is 5.56 Å². The summed E-state index contributed by atoms with van der Waals surface area (Å²) in [6.45, 7) is 4.60. The molecule has 0 saturated carbocycles. The van der Waals surface area contributed by atoms with Gasteiger partial charge in [-0.3, -0.25) is 0 Å². The number of amides is 1. The van der Waals surface area contributed by atoms with Crippen LogP contribution in [0.1, 0.15) is 26.3 Å². The maximum atomic E-state index is 13.4. The van der Waals surface area contributed by atoms with Crippen molar-refractivity contribution in [2.24, 2.45) is 0 Å². The van der Waals surface area contributed by atoms with Crippen molar-refractivity contribution in [3.05, 3.63) is 35.6 Å². The first-order valence-corrected chi connectivity index (χ1v) is 6.72. The Morgan fingerprint density at radius 1 is 1.32 bits per heavy atom. The van der Waals surface area contributed by atoms with Crippen molar-refractivity contribution in [1.29, 1.82) is 0 Å². The molecule has 1 atom stereocenters. The van der Waals surface area contributed by atoms with Crippen LogP contribution < -0.4 is 5.32 Å². The Morgan fingerprint density at radius 2 is 1.95 bits per heavy atom. The van der Waals surface area contributed by atoms with Gasteiger partial charge in [0.05, 0.1) is 13.2 Å².